The van der Waals surface area contributed by atoms with Gasteiger partial charge in [-0.15, -0.1) is 0 Å². The molecule has 0 bridgehead atoms. The van der Waals surface area contributed by atoms with Crippen LogP contribution in [0.5, 0.6) is 0 Å². The monoisotopic (exact) mass is 258 g/mol. The second-order valence-corrected chi connectivity index (χ2v) is 3.93. The molecule has 0 aliphatic carbocycles. The molecule has 0 heterocycles. The van der Waals surface area contributed by atoms with Gasteiger partial charge in [-0.05, 0) is 41.8 Å². The molecule has 0 saturated carbocycles. The van der Waals surface area contributed by atoms with Crippen molar-refractivity contribution >= 4 is 38.3 Å². The zero-order chi connectivity index (χ0) is 9.84. The Morgan fingerprint density at radius 2 is 2.23 bits per heavy atom. The van der Waals surface area contributed by atoms with Crippen LogP contribution in [0.4, 0.5) is 0 Å². The molecule has 0 atom stereocenters. The molecule has 1 rings (SSSR count). The van der Waals surface area contributed by atoms with E-state index in [2.05, 4.69) is 15.9 Å². The highest BCUT2D eigenvalue weighted by Gasteiger charge is 1.98. The number of hydrogen-bond acceptors (Lipinski definition) is 1. The van der Waals surface area contributed by atoms with Crippen LogP contribution in [0.15, 0.2) is 34.8 Å². The Morgan fingerprint density at radius 1 is 1.54 bits per heavy atom. The molecule has 0 saturated heterocycles. The Kier molecular flexibility index (Phi) is 3.70. The average molecular weight is 260 g/mol. The van der Waals surface area contributed by atoms with Crippen LogP contribution in [-0.4, -0.2) is 5.24 Å². The van der Waals surface area contributed by atoms with E-state index in [1.54, 1.807) is 0 Å². The molecule has 0 fully saturated rings. The number of carbonyl (C=O) groups is 1. The Balaban J connectivity index is 3.02. The van der Waals surface area contributed by atoms with Gasteiger partial charge in [0.25, 0.3) is 0 Å². The average Bonchev–Trinajstić information content (AvgIpc) is 2.03. The molecule has 13 heavy (non-hydrogen) atoms. The molecule has 0 aromatic heterocycles. The molecule has 1 aromatic rings. The SMILES string of the molecule is CC(=CC(=O)Cl)c1cccc(Br)c1. The molecule has 1 nitrogen and oxygen atoms in total. The zero-order valence-electron chi connectivity index (χ0n) is 7.05. The van der Waals surface area contributed by atoms with Gasteiger partial charge in [-0.3, -0.25) is 4.79 Å². The minimum atomic E-state index is -0.447. The third kappa shape index (κ3) is 3.33. The quantitative estimate of drug-likeness (QED) is 0.586. The second-order valence-electron chi connectivity index (χ2n) is 2.64. The van der Waals surface area contributed by atoms with E-state index in [9.17, 15) is 4.79 Å². The fraction of sp³-hybridized carbons (Fsp3) is 0.100. The van der Waals surface area contributed by atoms with Crippen LogP contribution in [0.3, 0.4) is 0 Å². The van der Waals surface area contributed by atoms with Gasteiger partial charge in [-0.25, -0.2) is 0 Å². The van der Waals surface area contributed by atoms with Crippen molar-refractivity contribution in [2.75, 3.05) is 0 Å². The molecule has 0 N–H and O–H groups in total. The van der Waals surface area contributed by atoms with Gasteiger partial charge in [0.2, 0.25) is 5.24 Å². The van der Waals surface area contributed by atoms with E-state index < -0.39 is 5.24 Å². The fourth-order valence-electron chi connectivity index (χ4n) is 0.987. The summed E-state index contributed by atoms with van der Waals surface area (Å²) < 4.78 is 0.986. The first-order valence-electron chi connectivity index (χ1n) is 3.73. The van der Waals surface area contributed by atoms with Gasteiger partial charge >= 0.3 is 0 Å². The molecule has 0 aliphatic heterocycles. The smallest absolute Gasteiger partial charge is 0.245 e. The number of benzene rings is 1. The zero-order valence-corrected chi connectivity index (χ0v) is 9.39. The van der Waals surface area contributed by atoms with Gasteiger partial charge in [0.15, 0.2) is 0 Å². The van der Waals surface area contributed by atoms with Gasteiger partial charge in [-0.1, -0.05) is 28.1 Å². The highest BCUT2D eigenvalue weighted by molar-refractivity contribution is 9.10. The summed E-state index contributed by atoms with van der Waals surface area (Å²) in [5.74, 6) is 0. The van der Waals surface area contributed by atoms with Gasteiger partial charge < -0.3 is 0 Å². The van der Waals surface area contributed by atoms with Crippen molar-refractivity contribution in [3.05, 3.63) is 40.4 Å². The van der Waals surface area contributed by atoms with Crippen molar-refractivity contribution in [3.8, 4) is 0 Å². The minimum Gasteiger partial charge on any atom is -0.276 e. The van der Waals surface area contributed by atoms with E-state index in [0.29, 0.717) is 0 Å². The standard InChI is InChI=1S/C10H8BrClO/c1-7(5-10(12)13)8-3-2-4-9(11)6-8/h2-6H,1H3. The second kappa shape index (κ2) is 4.58. The molecule has 0 amide bonds. The van der Waals surface area contributed by atoms with Gasteiger partial charge in [-0.2, -0.15) is 0 Å². The maximum atomic E-state index is 10.6. The van der Waals surface area contributed by atoms with Gasteiger partial charge in [0.1, 0.15) is 0 Å². The van der Waals surface area contributed by atoms with Crippen LogP contribution in [0.25, 0.3) is 5.57 Å². The van der Waals surface area contributed by atoms with Crippen LogP contribution in [0.2, 0.25) is 0 Å². The lowest BCUT2D eigenvalue weighted by Gasteiger charge is -2.00. The Labute approximate surface area is 90.5 Å². The summed E-state index contributed by atoms with van der Waals surface area (Å²) in [4.78, 5) is 10.6. The summed E-state index contributed by atoms with van der Waals surface area (Å²) in [6, 6.07) is 7.71. The first-order chi connectivity index (χ1) is 6.09. The highest BCUT2D eigenvalue weighted by Crippen LogP contribution is 2.18. The van der Waals surface area contributed by atoms with E-state index in [1.165, 1.54) is 6.08 Å². The van der Waals surface area contributed by atoms with Crippen LogP contribution >= 0.6 is 27.5 Å². The van der Waals surface area contributed by atoms with Crippen molar-refractivity contribution < 1.29 is 4.79 Å². The summed E-state index contributed by atoms with van der Waals surface area (Å²) in [6.07, 6.45) is 1.41. The Bertz CT molecular complexity index is 358. The van der Waals surface area contributed by atoms with Crippen LogP contribution in [-0.2, 0) is 4.79 Å². The third-order valence-corrected chi connectivity index (χ3v) is 2.21. The Morgan fingerprint density at radius 3 is 2.77 bits per heavy atom. The molecular weight excluding hydrogens is 251 g/mol. The molecule has 68 valence electrons. The van der Waals surface area contributed by atoms with E-state index >= 15 is 0 Å². The lowest BCUT2D eigenvalue weighted by atomic mass is 10.1. The lowest BCUT2D eigenvalue weighted by molar-refractivity contribution is -0.107. The van der Waals surface area contributed by atoms with Crippen LogP contribution in [0.1, 0.15) is 12.5 Å². The van der Waals surface area contributed by atoms with Crippen molar-refractivity contribution in [3.63, 3.8) is 0 Å². The van der Waals surface area contributed by atoms with Crippen molar-refractivity contribution in [1.82, 2.24) is 0 Å². The van der Waals surface area contributed by atoms with Crippen molar-refractivity contribution in [1.29, 1.82) is 0 Å². The van der Waals surface area contributed by atoms with Gasteiger partial charge in [0, 0.05) is 10.5 Å². The predicted octanol–water partition coefficient (Wildman–Crippen LogP) is 3.62. The molecule has 1 aromatic carbocycles. The van der Waals surface area contributed by atoms with Crippen molar-refractivity contribution in [2.45, 2.75) is 6.92 Å². The molecule has 0 radical (unpaired) electrons. The van der Waals surface area contributed by atoms with E-state index in [-0.39, 0.29) is 0 Å². The largest absolute Gasteiger partial charge is 0.276 e. The number of allylic oxidation sites excluding steroid dienone is 2. The first-order valence-corrected chi connectivity index (χ1v) is 4.90. The Hall–Kier alpha value is -0.600. The number of rotatable bonds is 2. The van der Waals surface area contributed by atoms with Crippen LogP contribution in [0, 0.1) is 0 Å². The molecular formula is C10H8BrClO. The number of carbonyl (C=O) groups excluding carboxylic acids is 1. The maximum Gasteiger partial charge on any atom is 0.245 e. The summed E-state index contributed by atoms with van der Waals surface area (Å²) in [5.41, 5.74) is 1.85. The van der Waals surface area contributed by atoms with Crippen LogP contribution < -0.4 is 0 Å². The van der Waals surface area contributed by atoms with Gasteiger partial charge in [0.05, 0.1) is 0 Å². The lowest BCUT2D eigenvalue weighted by Crippen LogP contribution is -1.83. The first kappa shape index (κ1) is 10.5. The maximum absolute atomic E-state index is 10.6. The molecule has 0 unspecified atom stereocenters. The summed E-state index contributed by atoms with van der Waals surface area (Å²) in [6.45, 7) is 1.85. The predicted molar refractivity (Wildman–Crippen MR) is 58.7 cm³/mol. The summed E-state index contributed by atoms with van der Waals surface area (Å²) >= 11 is 8.59. The molecule has 3 heteroatoms. The fourth-order valence-corrected chi connectivity index (χ4v) is 1.55. The van der Waals surface area contributed by atoms with E-state index in [4.69, 9.17) is 11.6 Å². The minimum absolute atomic E-state index is 0.447. The van der Waals surface area contributed by atoms with E-state index in [1.807, 2.05) is 31.2 Å². The molecule has 0 aliphatic rings. The van der Waals surface area contributed by atoms with Crippen molar-refractivity contribution in [2.24, 2.45) is 0 Å². The topological polar surface area (TPSA) is 17.1 Å². The molecule has 0 spiro atoms. The summed E-state index contributed by atoms with van der Waals surface area (Å²) in [5, 5.41) is -0.447. The number of halogens is 2. The third-order valence-electron chi connectivity index (χ3n) is 1.61. The number of hydrogen-bond donors (Lipinski definition) is 0. The normalized spacial score (nSPS) is 11.5. The highest BCUT2D eigenvalue weighted by atomic mass is 79.9. The summed E-state index contributed by atoms with van der Waals surface area (Å²) in [7, 11) is 0. The van der Waals surface area contributed by atoms with E-state index in [0.717, 1.165) is 15.6 Å².